The number of methoxy groups -OCH3 is 2. The van der Waals surface area contributed by atoms with Crippen molar-refractivity contribution in [3.8, 4) is 5.75 Å². The summed E-state index contributed by atoms with van der Waals surface area (Å²) >= 11 is 0. The van der Waals surface area contributed by atoms with Gasteiger partial charge in [0.1, 0.15) is 12.3 Å². The van der Waals surface area contributed by atoms with Gasteiger partial charge in [0, 0.05) is 12.0 Å². The van der Waals surface area contributed by atoms with Crippen LogP contribution in [-0.4, -0.2) is 44.3 Å². The van der Waals surface area contributed by atoms with Crippen LogP contribution in [0.1, 0.15) is 43.7 Å². The zero-order valence-corrected chi connectivity index (χ0v) is 14.8. The lowest BCUT2D eigenvalue weighted by molar-refractivity contribution is -0.943. The Balaban J connectivity index is 2.16. The molecular formula is C19H30NO3+. The van der Waals surface area contributed by atoms with E-state index in [4.69, 9.17) is 9.47 Å². The Bertz CT molecular complexity index is 521. The van der Waals surface area contributed by atoms with E-state index in [1.807, 2.05) is 6.07 Å². The number of benzene rings is 1. The number of aryl methyl sites for hydroxylation is 1. The molecule has 1 aliphatic heterocycles. The van der Waals surface area contributed by atoms with Gasteiger partial charge in [-0.15, -0.1) is 0 Å². The molecule has 4 nitrogen and oxygen atoms in total. The van der Waals surface area contributed by atoms with Crippen molar-refractivity contribution < 1.29 is 18.8 Å². The molecule has 2 rings (SSSR count). The molecule has 0 aromatic heterocycles. The maximum atomic E-state index is 11.4. The van der Waals surface area contributed by atoms with Gasteiger partial charge in [0.2, 0.25) is 0 Å². The van der Waals surface area contributed by atoms with Crippen LogP contribution in [0.25, 0.3) is 0 Å². The molecule has 1 saturated heterocycles. The Kier molecular flexibility index (Phi) is 6.46. The van der Waals surface area contributed by atoms with Crippen molar-refractivity contribution in [1.29, 1.82) is 0 Å². The van der Waals surface area contributed by atoms with Crippen molar-refractivity contribution in [1.82, 2.24) is 0 Å². The minimum atomic E-state index is -0.157. The molecule has 0 bridgehead atoms. The molecule has 0 unspecified atom stereocenters. The zero-order chi connectivity index (χ0) is 16.7. The van der Waals surface area contributed by atoms with Crippen molar-refractivity contribution in [3.63, 3.8) is 0 Å². The van der Waals surface area contributed by atoms with Crippen LogP contribution in [0.5, 0.6) is 5.75 Å². The lowest BCUT2D eigenvalue weighted by atomic mass is 10.0. The zero-order valence-electron chi connectivity index (χ0n) is 14.8. The number of rotatable bonds is 7. The molecule has 1 aliphatic rings. The number of piperidine rings is 1. The molecule has 0 radical (unpaired) electrons. The second-order valence-corrected chi connectivity index (χ2v) is 6.55. The summed E-state index contributed by atoms with van der Waals surface area (Å²) < 4.78 is 11.5. The van der Waals surface area contributed by atoms with E-state index < -0.39 is 0 Å². The van der Waals surface area contributed by atoms with Crippen LogP contribution < -0.4 is 4.74 Å². The predicted octanol–water partition coefficient (Wildman–Crippen LogP) is 3.32. The molecule has 0 saturated carbocycles. The summed E-state index contributed by atoms with van der Waals surface area (Å²) in [7, 11) is 3.17. The molecule has 1 fully saturated rings. The topological polar surface area (TPSA) is 35.5 Å². The van der Waals surface area contributed by atoms with Crippen LogP contribution in [-0.2, 0) is 22.5 Å². The van der Waals surface area contributed by atoms with E-state index in [1.54, 1.807) is 7.11 Å². The van der Waals surface area contributed by atoms with Crippen molar-refractivity contribution in [2.24, 2.45) is 0 Å². The molecule has 128 valence electrons. The van der Waals surface area contributed by atoms with Gasteiger partial charge >= 0.3 is 5.97 Å². The molecule has 1 aromatic carbocycles. The highest BCUT2D eigenvalue weighted by molar-refractivity contribution is 5.69. The Morgan fingerprint density at radius 1 is 1.17 bits per heavy atom. The van der Waals surface area contributed by atoms with Crippen LogP contribution in [0.2, 0.25) is 0 Å². The third-order valence-electron chi connectivity index (χ3n) is 5.13. The van der Waals surface area contributed by atoms with Gasteiger partial charge in [-0.2, -0.15) is 0 Å². The van der Waals surface area contributed by atoms with Crippen LogP contribution in [0.3, 0.4) is 0 Å². The SMILES string of the molecule is CC[N+]1(Cc2cc(CCC(=O)OC)ccc2OC)CCCCC1. The first-order valence-corrected chi connectivity index (χ1v) is 8.70. The van der Waals surface area contributed by atoms with Crippen molar-refractivity contribution in [2.45, 2.75) is 45.6 Å². The van der Waals surface area contributed by atoms with Gasteiger partial charge in [-0.05, 0) is 50.3 Å². The molecule has 0 amide bonds. The highest BCUT2D eigenvalue weighted by atomic mass is 16.5. The quantitative estimate of drug-likeness (QED) is 0.571. The first-order valence-electron chi connectivity index (χ1n) is 8.70. The summed E-state index contributed by atoms with van der Waals surface area (Å²) in [4.78, 5) is 11.4. The van der Waals surface area contributed by atoms with Gasteiger partial charge in [-0.3, -0.25) is 4.79 Å². The lowest BCUT2D eigenvalue weighted by Gasteiger charge is -2.41. The van der Waals surface area contributed by atoms with E-state index in [0.29, 0.717) is 6.42 Å². The monoisotopic (exact) mass is 320 g/mol. The Morgan fingerprint density at radius 3 is 2.52 bits per heavy atom. The molecule has 0 aliphatic carbocycles. The van der Waals surface area contributed by atoms with E-state index in [1.165, 1.54) is 50.6 Å². The molecule has 0 atom stereocenters. The maximum Gasteiger partial charge on any atom is 0.305 e. The van der Waals surface area contributed by atoms with Gasteiger partial charge in [-0.25, -0.2) is 0 Å². The van der Waals surface area contributed by atoms with Crippen molar-refractivity contribution >= 4 is 5.97 Å². The molecule has 1 heterocycles. The Hall–Kier alpha value is -1.55. The van der Waals surface area contributed by atoms with Crippen LogP contribution in [0.4, 0.5) is 0 Å². The number of hydrogen-bond donors (Lipinski definition) is 0. The number of carbonyl (C=O) groups excluding carboxylic acids is 1. The van der Waals surface area contributed by atoms with E-state index in [2.05, 4.69) is 19.1 Å². The summed E-state index contributed by atoms with van der Waals surface area (Å²) in [6.07, 6.45) is 5.14. The van der Waals surface area contributed by atoms with Crippen LogP contribution >= 0.6 is 0 Å². The fraction of sp³-hybridized carbons (Fsp3) is 0.632. The molecular weight excluding hydrogens is 290 g/mol. The number of quaternary nitrogens is 1. The molecule has 1 aromatic rings. The summed E-state index contributed by atoms with van der Waals surface area (Å²) in [5, 5.41) is 0. The third-order valence-corrected chi connectivity index (χ3v) is 5.13. The van der Waals surface area contributed by atoms with Crippen molar-refractivity contribution in [2.75, 3.05) is 33.9 Å². The summed E-state index contributed by atoms with van der Waals surface area (Å²) in [5.41, 5.74) is 2.44. The number of hydrogen-bond acceptors (Lipinski definition) is 3. The number of likely N-dealkylation sites (tertiary alicyclic amines) is 1. The molecule has 4 heteroatoms. The molecule has 0 spiro atoms. The Labute approximate surface area is 140 Å². The predicted molar refractivity (Wildman–Crippen MR) is 91.4 cm³/mol. The number of esters is 1. The highest BCUT2D eigenvalue weighted by Gasteiger charge is 2.29. The molecule has 23 heavy (non-hydrogen) atoms. The fourth-order valence-corrected chi connectivity index (χ4v) is 3.59. The van der Waals surface area contributed by atoms with Crippen LogP contribution in [0.15, 0.2) is 18.2 Å². The first-order chi connectivity index (χ1) is 11.1. The number of nitrogens with zero attached hydrogens (tertiary/aromatic N) is 1. The fourth-order valence-electron chi connectivity index (χ4n) is 3.59. The number of ether oxygens (including phenoxy) is 2. The summed E-state index contributed by atoms with van der Waals surface area (Å²) in [6.45, 7) is 6.98. The average Bonchev–Trinajstić information content (AvgIpc) is 2.60. The lowest BCUT2D eigenvalue weighted by Crippen LogP contribution is -2.50. The summed E-state index contributed by atoms with van der Waals surface area (Å²) in [6, 6.07) is 6.31. The van der Waals surface area contributed by atoms with Crippen LogP contribution in [0, 0.1) is 0 Å². The van der Waals surface area contributed by atoms with E-state index in [-0.39, 0.29) is 5.97 Å². The minimum Gasteiger partial charge on any atom is -0.496 e. The molecule has 0 N–H and O–H groups in total. The van der Waals surface area contributed by atoms with Crippen molar-refractivity contribution in [3.05, 3.63) is 29.3 Å². The minimum absolute atomic E-state index is 0.157. The Morgan fingerprint density at radius 2 is 1.91 bits per heavy atom. The van der Waals surface area contributed by atoms with E-state index in [0.717, 1.165) is 29.7 Å². The largest absolute Gasteiger partial charge is 0.496 e. The maximum absolute atomic E-state index is 11.4. The second kappa shape index (κ2) is 8.34. The smallest absolute Gasteiger partial charge is 0.305 e. The van der Waals surface area contributed by atoms with Gasteiger partial charge in [-0.1, -0.05) is 6.07 Å². The summed E-state index contributed by atoms with van der Waals surface area (Å²) in [5.74, 6) is 0.804. The van der Waals surface area contributed by atoms with E-state index in [9.17, 15) is 4.79 Å². The van der Waals surface area contributed by atoms with Gasteiger partial charge in [0.15, 0.2) is 0 Å². The van der Waals surface area contributed by atoms with Gasteiger partial charge in [0.05, 0.1) is 33.9 Å². The van der Waals surface area contributed by atoms with E-state index >= 15 is 0 Å². The normalized spacial score (nSPS) is 16.8. The number of carbonyl (C=O) groups is 1. The average molecular weight is 320 g/mol. The third kappa shape index (κ3) is 4.71. The van der Waals surface area contributed by atoms with Gasteiger partial charge in [0.25, 0.3) is 0 Å². The second-order valence-electron chi connectivity index (χ2n) is 6.55. The first kappa shape index (κ1) is 17.8. The highest BCUT2D eigenvalue weighted by Crippen LogP contribution is 2.28. The van der Waals surface area contributed by atoms with Gasteiger partial charge < -0.3 is 14.0 Å². The standard InChI is InChI=1S/C19H30NO3/c1-4-20(12-6-5-7-13-20)15-17-14-16(8-10-18(17)22-2)9-11-19(21)23-3/h8,10,14H,4-7,9,11-13,15H2,1-3H3/q+1.